The average molecular weight is 383 g/mol. The molecule has 128 valence electrons. The van der Waals surface area contributed by atoms with Crippen LogP contribution >= 0.6 is 15.9 Å². The molecule has 2 fully saturated rings. The fourth-order valence-corrected chi connectivity index (χ4v) is 4.59. The van der Waals surface area contributed by atoms with Gasteiger partial charge in [-0.15, -0.1) is 0 Å². The van der Waals surface area contributed by atoms with Crippen LogP contribution in [0, 0.1) is 5.92 Å². The number of hydrogen-bond donors (Lipinski definition) is 2. The van der Waals surface area contributed by atoms with E-state index in [4.69, 9.17) is 4.74 Å². The molecule has 23 heavy (non-hydrogen) atoms. The minimum atomic E-state index is 0.281. The van der Waals surface area contributed by atoms with Crippen LogP contribution in [-0.2, 0) is 0 Å². The molecule has 1 aromatic carbocycles. The fourth-order valence-electron chi connectivity index (χ4n) is 4.13. The van der Waals surface area contributed by atoms with Gasteiger partial charge in [-0.2, -0.15) is 0 Å². The molecule has 5 heteroatoms. The van der Waals surface area contributed by atoms with Crippen molar-refractivity contribution >= 4 is 15.9 Å². The van der Waals surface area contributed by atoms with Gasteiger partial charge < -0.3 is 15.2 Å². The molecule has 3 rings (SSSR count). The highest BCUT2D eigenvalue weighted by atomic mass is 79.9. The molecule has 1 aromatic rings. The van der Waals surface area contributed by atoms with Crippen LogP contribution in [0.2, 0.25) is 0 Å². The molecule has 1 aliphatic carbocycles. The number of aromatic hydroxyl groups is 1. The predicted octanol–water partition coefficient (Wildman–Crippen LogP) is 3.69. The molecule has 1 saturated heterocycles. The van der Waals surface area contributed by atoms with Gasteiger partial charge in [0, 0.05) is 42.3 Å². The number of nitrogens with zero attached hydrogens (tertiary/aromatic N) is 1. The van der Waals surface area contributed by atoms with Crippen molar-refractivity contribution < 1.29 is 9.84 Å². The molecular weight excluding hydrogens is 356 g/mol. The summed E-state index contributed by atoms with van der Waals surface area (Å²) in [6, 6.07) is 4.21. The summed E-state index contributed by atoms with van der Waals surface area (Å²) < 4.78 is 6.35. The lowest BCUT2D eigenvalue weighted by atomic mass is 9.80. The molecule has 0 bridgehead atoms. The Kier molecular flexibility index (Phi) is 5.83. The zero-order valence-corrected chi connectivity index (χ0v) is 15.4. The summed E-state index contributed by atoms with van der Waals surface area (Å²) in [4.78, 5) is 2.55. The monoisotopic (exact) mass is 382 g/mol. The van der Waals surface area contributed by atoms with Crippen LogP contribution in [-0.4, -0.2) is 43.3 Å². The van der Waals surface area contributed by atoms with Crippen LogP contribution in [0.5, 0.6) is 11.5 Å². The van der Waals surface area contributed by atoms with E-state index < -0.39 is 0 Å². The van der Waals surface area contributed by atoms with Crippen molar-refractivity contribution in [1.82, 2.24) is 10.2 Å². The van der Waals surface area contributed by atoms with Gasteiger partial charge in [0.15, 0.2) is 11.5 Å². The van der Waals surface area contributed by atoms with Crippen LogP contribution in [0.4, 0.5) is 0 Å². The third-order valence-electron chi connectivity index (χ3n) is 5.25. The number of phenols is 1. The maximum Gasteiger partial charge on any atom is 0.162 e. The van der Waals surface area contributed by atoms with Crippen LogP contribution in [0.1, 0.15) is 43.7 Å². The molecule has 4 nitrogen and oxygen atoms in total. The number of ether oxygens (including phenoxy) is 1. The Morgan fingerprint density at radius 3 is 2.57 bits per heavy atom. The number of phenolic OH excluding ortho intramolecular Hbond substituents is 1. The highest BCUT2D eigenvalue weighted by molar-refractivity contribution is 9.10. The molecule has 1 aliphatic heterocycles. The van der Waals surface area contributed by atoms with Crippen LogP contribution in [0.25, 0.3) is 0 Å². The fraction of sp³-hybridized carbons (Fsp3) is 0.667. The van der Waals surface area contributed by atoms with Crippen molar-refractivity contribution in [2.45, 2.75) is 38.1 Å². The molecule has 0 aromatic heterocycles. The van der Waals surface area contributed by atoms with E-state index in [0.717, 1.165) is 36.2 Å². The van der Waals surface area contributed by atoms with E-state index in [9.17, 15) is 5.11 Å². The predicted molar refractivity (Wildman–Crippen MR) is 96.1 cm³/mol. The molecule has 0 unspecified atom stereocenters. The van der Waals surface area contributed by atoms with Crippen molar-refractivity contribution in [3.8, 4) is 11.5 Å². The first-order valence-electron chi connectivity index (χ1n) is 8.72. The largest absolute Gasteiger partial charge is 0.504 e. The SMILES string of the molecule is COc1cc(Br)cc([C@H](C2CCCCC2)N2CCNCC2)c1O. The van der Waals surface area contributed by atoms with Gasteiger partial charge in [-0.1, -0.05) is 35.2 Å². The number of benzene rings is 1. The Bertz CT molecular complexity index is 508. The number of rotatable bonds is 4. The number of halogens is 1. The highest BCUT2D eigenvalue weighted by Crippen LogP contribution is 2.45. The van der Waals surface area contributed by atoms with Gasteiger partial charge in [0.2, 0.25) is 0 Å². The van der Waals surface area contributed by atoms with E-state index in [0.29, 0.717) is 17.4 Å². The zero-order valence-electron chi connectivity index (χ0n) is 13.9. The van der Waals surface area contributed by atoms with E-state index >= 15 is 0 Å². The van der Waals surface area contributed by atoms with Gasteiger partial charge in [0.1, 0.15) is 0 Å². The lowest BCUT2D eigenvalue weighted by molar-refractivity contribution is 0.101. The standard InChI is InChI=1S/C18H27BrN2O2/c1-23-16-12-14(19)11-15(18(16)22)17(13-5-3-2-4-6-13)21-9-7-20-8-10-21/h11-13,17,20,22H,2-10H2,1H3/t17-/m0/s1. The quantitative estimate of drug-likeness (QED) is 0.833. The molecular formula is C18H27BrN2O2. The average Bonchev–Trinajstić information content (AvgIpc) is 2.60. The lowest BCUT2D eigenvalue weighted by Crippen LogP contribution is -2.47. The lowest BCUT2D eigenvalue weighted by Gasteiger charge is -2.41. The summed E-state index contributed by atoms with van der Waals surface area (Å²) >= 11 is 3.58. The van der Waals surface area contributed by atoms with Gasteiger partial charge in [-0.25, -0.2) is 0 Å². The number of nitrogens with one attached hydrogen (secondary N) is 1. The molecule has 0 spiro atoms. The molecule has 1 saturated carbocycles. The maximum atomic E-state index is 10.8. The first-order valence-corrected chi connectivity index (χ1v) is 9.51. The van der Waals surface area contributed by atoms with Crippen molar-refractivity contribution in [2.24, 2.45) is 5.92 Å². The van der Waals surface area contributed by atoms with E-state index in [1.165, 1.54) is 32.1 Å². The summed E-state index contributed by atoms with van der Waals surface area (Å²) in [5, 5.41) is 14.2. The molecule has 2 N–H and O–H groups in total. The Morgan fingerprint density at radius 1 is 1.22 bits per heavy atom. The Hall–Kier alpha value is -0.780. The van der Waals surface area contributed by atoms with E-state index in [1.807, 2.05) is 6.07 Å². The minimum absolute atomic E-state index is 0.281. The van der Waals surface area contributed by atoms with Gasteiger partial charge in [-0.05, 0) is 30.9 Å². The topological polar surface area (TPSA) is 44.7 Å². The zero-order chi connectivity index (χ0) is 16.2. The minimum Gasteiger partial charge on any atom is -0.504 e. The first kappa shape index (κ1) is 17.1. The summed E-state index contributed by atoms with van der Waals surface area (Å²) in [6.45, 7) is 4.12. The third kappa shape index (κ3) is 3.83. The molecule has 0 radical (unpaired) electrons. The maximum absolute atomic E-state index is 10.8. The van der Waals surface area contributed by atoms with Gasteiger partial charge in [-0.3, -0.25) is 4.90 Å². The highest BCUT2D eigenvalue weighted by Gasteiger charge is 2.33. The van der Waals surface area contributed by atoms with Crippen molar-refractivity contribution in [3.05, 3.63) is 22.2 Å². The Labute approximate surface area is 147 Å². The molecule has 0 amide bonds. The summed E-state index contributed by atoms with van der Waals surface area (Å²) in [6.07, 6.45) is 6.46. The summed E-state index contributed by atoms with van der Waals surface area (Å²) in [5.74, 6) is 1.49. The second kappa shape index (κ2) is 7.86. The van der Waals surface area contributed by atoms with Crippen molar-refractivity contribution in [1.29, 1.82) is 0 Å². The van der Waals surface area contributed by atoms with Gasteiger partial charge >= 0.3 is 0 Å². The third-order valence-corrected chi connectivity index (χ3v) is 5.71. The Balaban J connectivity index is 1.98. The summed E-state index contributed by atoms with van der Waals surface area (Å²) in [5.41, 5.74) is 1.02. The van der Waals surface area contributed by atoms with Crippen LogP contribution < -0.4 is 10.1 Å². The summed E-state index contributed by atoms with van der Waals surface area (Å²) in [7, 11) is 1.62. The van der Waals surface area contributed by atoms with Crippen LogP contribution in [0.15, 0.2) is 16.6 Å². The van der Waals surface area contributed by atoms with Crippen molar-refractivity contribution in [3.63, 3.8) is 0 Å². The molecule has 2 aliphatic rings. The normalized spacial score (nSPS) is 22.0. The number of piperazine rings is 1. The first-order chi connectivity index (χ1) is 11.2. The second-order valence-electron chi connectivity index (χ2n) is 6.67. The molecule has 1 atom stereocenters. The van der Waals surface area contributed by atoms with Crippen molar-refractivity contribution in [2.75, 3.05) is 33.3 Å². The number of methoxy groups -OCH3 is 1. The van der Waals surface area contributed by atoms with Gasteiger partial charge in [0.05, 0.1) is 7.11 Å². The van der Waals surface area contributed by atoms with E-state index in [2.05, 4.69) is 32.2 Å². The Morgan fingerprint density at radius 2 is 1.91 bits per heavy atom. The van der Waals surface area contributed by atoms with E-state index in [1.54, 1.807) is 7.11 Å². The van der Waals surface area contributed by atoms with E-state index in [-0.39, 0.29) is 6.04 Å². The van der Waals surface area contributed by atoms with Crippen LogP contribution in [0.3, 0.4) is 0 Å². The van der Waals surface area contributed by atoms with Gasteiger partial charge in [0.25, 0.3) is 0 Å². The second-order valence-corrected chi connectivity index (χ2v) is 7.59. The smallest absolute Gasteiger partial charge is 0.162 e. The molecule has 1 heterocycles. The number of hydrogen-bond acceptors (Lipinski definition) is 4.